The van der Waals surface area contributed by atoms with Crippen LogP contribution in [0.4, 0.5) is 27.4 Å². The number of carbonyl (C=O) groups excluding carboxylic acids is 3. The Bertz CT molecular complexity index is 1480. The van der Waals surface area contributed by atoms with E-state index in [0.717, 1.165) is 19.6 Å². The average Bonchev–Trinajstić information content (AvgIpc) is 3.10. The molecule has 1 atom stereocenters. The van der Waals surface area contributed by atoms with Gasteiger partial charge in [0.1, 0.15) is 22.8 Å². The van der Waals surface area contributed by atoms with Gasteiger partial charge in [-0.3, -0.25) is 9.69 Å². The average molecular weight is 836 g/mol. The number of hydrogen-bond acceptors (Lipinski definition) is 17. The highest BCUT2D eigenvalue weighted by molar-refractivity contribution is 5.76. The molecule has 19 heteroatoms. The molecule has 1 aromatic heterocycles. The summed E-state index contributed by atoms with van der Waals surface area (Å²) in [4.78, 5) is 71.7. The van der Waals surface area contributed by atoms with E-state index >= 15 is 0 Å². The monoisotopic (exact) mass is 836 g/mol. The fourth-order valence-electron chi connectivity index (χ4n) is 6.27. The van der Waals surface area contributed by atoms with Gasteiger partial charge in [0, 0.05) is 111 Å². The van der Waals surface area contributed by atoms with E-state index in [2.05, 4.69) is 39.0 Å². The second-order valence-corrected chi connectivity index (χ2v) is 18.8. The highest BCUT2D eigenvalue weighted by Gasteiger charge is 2.32. The molecule has 0 spiro atoms. The topological polar surface area (TPSA) is 182 Å². The fraction of sp³-hybridized carbons (Fsp3) is 0.850. The molecule has 0 bridgehead atoms. The van der Waals surface area contributed by atoms with Gasteiger partial charge in [-0.05, 0) is 90.5 Å². The summed E-state index contributed by atoms with van der Waals surface area (Å²) in [5, 5.41) is 3.27. The van der Waals surface area contributed by atoms with Crippen LogP contribution in [0.5, 0.6) is 0 Å². The van der Waals surface area contributed by atoms with Gasteiger partial charge in [0.05, 0.1) is 0 Å². The van der Waals surface area contributed by atoms with Crippen molar-refractivity contribution in [1.29, 1.82) is 0 Å². The quantitative estimate of drug-likeness (QED) is 0.313. The van der Waals surface area contributed by atoms with Crippen LogP contribution < -0.4 is 20.9 Å². The lowest BCUT2D eigenvalue weighted by molar-refractivity contribution is -0.161. The van der Waals surface area contributed by atoms with E-state index < -0.39 is 28.9 Å². The highest BCUT2D eigenvalue weighted by atomic mass is 16.6. The third-order valence-corrected chi connectivity index (χ3v) is 9.72. The summed E-state index contributed by atoms with van der Waals surface area (Å²) in [6.07, 6.45) is -0.806. The first-order valence-electron chi connectivity index (χ1n) is 21.1. The van der Waals surface area contributed by atoms with Gasteiger partial charge in [0.15, 0.2) is 0 Å². The first-order valence-corrected chi connectivity index (χ1v) is 21.1. The number of ether oxygens (including phenoxy) is 3. The van der Waals surface area contributed by atoms with Gasteiger partial charge in [-0.25, -0.2) is 9.59 Å². The van der Waals surface area contributed by atoms with Crippen molar-refractivity contribution in [2.75, 3.05) is 155 Å². The van der Waals surface area contributed by atoms with Crippen LogP contribution >= 0.6 is 0 Å². The fourth-order valence-corrected chi connectivity index (χ4v) is 6.27. The van der Waals surface area contributed by atoms with Crippen LogP contribution in [0.1, 0.15) is 62.3 Å². The van der Waals surface area contributed by atoms with Crippen LogP contribution in [0.25, 0.3) is 0 Å². The molecule has 0 radical (unpaired) electrons. The zero-order valence-electron chi connectivity index (χ0n) is 38.5. The summed E-state index contributed by atoms with van der Waals surface area (Å²) in [5.41, 5.74) is 3.92. The van der Waals surface area contributed by atoms with Gasteiger partial charge >= 0.3 is 18.2 Å². The van der Waals surface area contributed by atoms with Crippen molar-refractivity contribution < 1.29 is 28.6 Å². The number of nitrogens with two attached hydrogens (primary N) is 1. The van der Waals surface area contributed by atoms with Gasteiger partial charge in [-0.15, -0.1) is 0 Å². The Morgan fingerprint density at radius 2 is 0.966 bits per heavy atom. The maximum absolute atomic E-state index is 13.7. The molecule has 59 heavy (non-hydrogen) atoms. The van der Waals surface area contributed by atoms with Gasteiger partial charge in [0.25, 0.3) is 0 Å². The van der Waals surface area contributed by atoms with Gasteiger partial charge < -0.3 is 59.6 Å². The Hall–Kier alpha value is -3.78. The molecule has 3 rings (SSSR count). The van der Waals surface area contributed by atoms with Gasteiger partial charge in [-0.2, -0.15) is 15.0 Å². The SMILES string of the molecule is CN1CCN(C)CCN(c2nc(NCCN)nc(N3CCN(C)CC(C(=O)OC(C)(C)C)N(C)CCN(C(=O)OC(C)(C)C)CC3)n2)CCN(C(=O)OC(C)(C)C)CC1. The van der Waals surface area contributed by atoms with Crippen molar-refractivity contribution in [3.8, 4) is 0 Å². The molecule has 3 N–H and O–H groups in total. The minimum atomic E-state index is -0.702. The maximum atomic E-state index is 13.7. The lowest BCUT2D eigenvalue weighted by Gasteiger charge is -2.36. The Kier molecular flexibility index (Phi) is 18.6. The third-order valence-electron chi connectivity index (χ3n) is 9.72. The van der Waals surface area contributed by atoms with Crippen molar-refractivity contribution in [3.63, 3.8) is 0 Å². The van der Waals surface area contributed by atoms with Crippen LogP contribution in [0.3, 0.4) is 0 Å². The number of nitrogens with one attached hydrogen (secondary N) is 1. The largest absolute Gasteiger partial charge is 0.459 e. The summed E-state index contributed by atoms with van der Waals surface area (Å²) in [7, 11) is 8.04. The summed E-state index contributed by atoms with van der Waals surface area (Å²) >= 11 is 0. The van der Waals surface area contributed by atoms with E-state index in [1.165, 1.54) is 0 Å². The minimum absolute atomic E-state index is 0.309. The summed E-state index contributed by atoms with van der Waals surface area (Å²) in [6.45, 7) is 25.5. The Labute approximate surface area is 353 Å². The number of aromatic nitrogens is 3. The molecule has 0 aromatic carbocycles. The van der Waals surface area contributed by atoms with Gasteiger partial charge in [-0.1, -0.05) is 0 Å². The number of rotatable bonds is 6. The summed E-state index contributed by atoms with van der Waals surface area (Å²) < 4.78 is 17.5. The first-order chi connectivity index (χ1) is 27.4. The first kappa shape index (κ1) is 49.6. The third kappa shape index (κ3) is 18.2. The number of anilines is 3. The summed E-state index contributed by atoms with van der Waals surface area (Å²) in [6, 6.07) is -0.573. The zero-order valence-corrected chi connectivity index (χ0v) is 38.5. The van der Waals surface area contributed by atoms with Crippen LogP contribution in [-0.4, -0.2) is 225 Å². The molecule has 2 aliphatic rings. The van der Waals surface area contributed by atoms with Crippen LogP contribution in [0.2, 0.25) is 0 Å². The van der Waals surface area contributed by atoms with Crippen molar-refractivity contribution in [2.24, 2.45) is 5.73 Å². The molecular formula is C40H77N13O6. The van der Waals surface area contributed by atoms with Crippen molar-refractivity contribution >= 4 is 36.0 Å². The smallest absolute Gasteiger partial charge is 0.410 e. The standard InChI is InChI=1S/C40H77N13O6/c1-38(2,3)57-32(54)31-30-48(12)20-23-51(27-29-53(25-21-49(31)13)37(56)59-40(7,8)9)35-44-33(42-15-14-41)43-34(45-35)50-22-18-46(10)16-17-47(11)19-24-52(28-26-50)36(55)58-39(4,5)6/h31H,14-30,41H2,1-13H3,(H,42,43,44,45). The molecule has 0 aliphatic carbocycles. The van der Waals surface area contributed by atoms with E-state index in [1.54, 1.807) is 9.80 Å². The van der Waals surface area contributed by atoms with Crippen molar-refractivity contribution in [1.82, 2.24) is 44.4 Å². The number of nitrogens with zero attached hydrogens (tertiary/aromatic N) is 11. The number of carbonyl (C=O) groups is 3. The molecule has 338 valence electrons. The predicted octanol–water partition coefficient (Wildman–Crippen LogP) is 1.79. The molecular weight excluding hydrogens is 759 g/mol. The number of esters is 1. The zero-order chi connectivity index (χ0) is 44.1. The van der Waals surface area contributed by atoms with E-state index in [4.69, 9.17) is 34.9 Å². The van der Waals surface area contributed by atoms with E-state index in [0.29, 0.717) is 109 Å². The molecule has 2 fully saturated rings. The van der Waals surface area contributed by atoms with Crippen LogP contribution in [-0.2, 0) is 19.0 Å². The Morgan fingerprint density at radius 1 is 0.576 bits per heavy atom. The second kappa shape index (κ2) is 22.2. The van der Waals surface area contributed by atoms with E-state index in [9.17, 15) is 14.4 Å². The highest BCUT2D eigenvalue weighted by Crippen LogP contribution is 2.20. The number of likely N-dealkylation sites (N-methyl/N-ethyl adjacent to an activating group) is 4. The molecule has 1 aromatic rings. The molecule has 3 heterocycles. The molecule has 2 saturated heterocycles. The van der Waals surface area contributed by atoms with Crippen LogP contribution in [0.15, 0.2) is 0 Å². The van der Waals surface area contributed by atoms with E-state index in [1.807, 2.05) is 86.2 Å². The Morgan fingerprint density at radius 3 is 1.42 bits per heavy atom. The van der Waals surface area contributed by atoms with Crippen molar-refractivity contribution in [3.05, 3.63) is 0 Å². The molecule has 2 amide bonds. The van der Waals surface area contributed by atoms with Crippen LogP contribution in [0, 0.1) is 0 Å². The lowest BCUT2D eigenvalue weighted by atomic mass is 10.1. The molecule has 2 aliphatic heterocycles. The Balaban J connectivity index is 2.06. The van der Waals surface area contributed by atoms with Gasteiger partial charge in [0.2, 0.25) is 17.8 Å². The summed E-state index contributed by atoms with van der Waals surface area (Å²) in [5.74, 6) is 0.929. The molecule has 19 nitrogen and oxygen atoms in total. The molecule has 1 unspecified atom stereocenters. The lowest BCUT2D eigenvalue weighted by Crippen LogP contribution is -2.53. The maximum Gasteiger partial charge on any atom is 0.410 e. The predicted molar refractivity (Wildman–Crippen MR) is 232 cm³/mol. The van der Waals surface area contributed by atoms with Crippen molar-refractivity contribution in [2.45, 2.75) is 85.2 Å². The minimum Gasteiger partial charge on any atom is -0.459 e. The molecule has 0 saturated carbocycles. The number of amides is 2. The van der Waals surface area contributed by atoms with E-state index in [-0.39, 0.29) is 12.1 Å². The number of hydrogen-bond donors (Lipinski definition) is 2. The second-order valence-electron chi connectivity index (χ2n) is 18.8. The normalized spacial score (nSPS) is 20.5.